The summed E-state index contributed by atoms with van der Waals surface area (Å²) >= 11 is 0. The molecule has 0 bridgehead atoms. The van der Waals surface area contributed by atoms with Crippen molar-refractivity contribution in [1.82, 2.24) is 4.98 Å². The van der Waals surface area contributed by atoms with Crippen LogP contribution >= 0.6 is 0 Å². The molecule has 0 spiro atoms. The molecule has 19 heavy (non-hydrogen) atoms. The summed E-state index contributed by atoms with van der Waals surface area (Å²) in [5.74, 6) is 1.68. The molecule has 1 aromatic heterocycles. The maximum atomic E-state index is 5.13. The van der Waals surface area contributed by atoms with E-state index in [2.05, 4.69) is 23.3 Å². The van der Waals surface area contributed by atoms with Crippen LogP contribution in [0.15, 0.2) is 42.5 Å². The lowest BCUT2D eigenvalue weighted by Crippen LogP contribution is -1.96. The Balaban J connectivity index is 2.20. The molecular formula is C16H18N2O. The molecule has 98 valence electrons. The summed E-state index contributed by atoms with van der Waals surface area (Å²) in [6.45, 7) is 4.05. The van der Waals surface area contributed by atoms with Gasteiger partial charge in [0, 0.05) is 5.69 Å². The van der Waals surface area contributed by atoms with Gasteiger partial charge in [0.05, 0.1) is 12.8 Å². The van der Waals surface area contributed by atoms with Crippen LogP contribution < -0.4 is 10.1 Å². The quantitative estimate of drug-likeness (QED) is 0.889. The molecule has 0 amide bonds. The number of nitrogens with one attached hydrogen (secondary N) is 1. The number of methoxy groups -OCH3 is 1. The maximum absolute atomic E-state index is 5.13. The SMILES string of the molecule is C/C=C\c1nc(Nc2ccc(OC)cc2)ccc1C. The second-order valence-electron chi connectivity index (χ2n) is 4.25. The van der Waals surface area contributed by atoms with Gasteiger partial charge in [-0.15, -0.1) is 0 Å². The first kappa shape index (κ1) is 13.1. The van der Waals surface area contributed by atoms with Gasteiger partial charge in [0.15, 0.2) is 0 Å². The molecule has 0 aliphatic rings. The fourth-order valence-electron chi connectivity index (χ4n) is 1.76. The third-order valence-corrected chi connectivity index (χ3v) is 2.82. The van der Waals surface area contributed by atoms with Crippen LogP contribution in [0.4, 0.5) is 11.5 Å². The number of anilines is 2. The molecule has 0 aliphatic carbocycles. The highest BCUT2D eigenvalue weighted by atomic mass is 16.5. The van der Waals surface area contributed by atoms with Crippen LogP contribution in [0.25, 0.3) is 6.08 Å². The van der Waals surface area contributed by atoms with Crippen molar-refractivity contribution in [3.8, 4) is 5.75 Å². The second-order valence-corrected chi connectivity index (χ2v) is 4.25. The molecule has 0 fully saturated rings. The first-order valence-electron chi connectivity index (χ1n) is 6.24. The lowest BCUT2D eigenvalue weighted by Gasteiger charge is -2.08. The van der Waals surface area contributed by atoms with E-state index in [0.717, 1.165) is 22.9 Å². The summed E-state index contributed by atoms with van der Waals surface area (Å²) in [6.07, 6.45) is 4.00. The lowest BCUT2D eigenvalue weighted by atomic mass is 10.2. The number of aromatic nitrogens is 1. The van der Waals surface area contributed by atoms with Crippen LogP contribution in [0.5, 0.6) is 5.75 Å². The predicted octanol–water partition coefficient (Wildman–Crippen LogP) is 4.18. The zero-order valence-corrected chi connectivity index (χ0v) is 11.5. The van der Waals surface area contributed by atoms with Gasteiger partial charge in [-0.1, -0.05) is 12.1 Å². The Kier molecular flexibility index (Phi) is 4.18. The van der Waals surface area contributed by atoms with E-state index in [-0.39, 0.29) is 0 Å². The Labute approximate surface area is 114 Å². The molecule has 2 rings (SSSR count). The van der Waals surface area contributed by atoms with Gasteiger partial charge in [-0.05, 0) is 55.8 Å². The van der Waals surface area contributed by atoms with Gasteiger partial charge in [0.1, 0.15) is 11.6 Å². The summed E-state index contributed by atoms with van der Waals surface area (Å²) in [5.41, 5.74) is 3.14. The summed E-state index contributed by atoms with van der Waals surface area (Å²) < 4.78 is 5.13. The molecule has 0 saturated carbocycles. The molecule has 3 heteroatoms. The molecule has 1 aromatic carbocycles. The number of nitrogens with zero attached hydrogens (tertiary/aromatic N) is 1. The Morgan fingerprint density at radius 3 is 2.47 bits per heavy atom. The third kappa shape index (κ3) is 3.35. The molecule has 1 heterocycles. The molecule has 0 atom stereocenters. The molecule has 3 nitrogen and oxygen atoms in total. The highest BCUT2D eigenvalue weighted by Crippen LogP contribution is 2.20. The molecule has 1 N–H and O–H groups in total. The van der Waals surface area contributed by atoms with Crippen molar-refractivity contribution in [1.29, 1.82) is 0 Å². The lowest BCUT2D eigenvalue weighted by molar-refractivity contribution is 0.415. The molecule has 0 saturated heterocycles. The molecule has 2 aromatic rings. The number of hydrogen-bond donors (Lipinski definition) is 1. The molecule has 0 radical (unpaired) electrons. The number of aryl methyl sites for hydroxylation is 1. The number of allylic oxidation sites excluding steroid dienone is 1. The Bertz CT molecular complexity index is 574. The van der Waals surface area contributed by atoms with Gasteiger partial charge in [-0.2, -0.15) is 0 Å². The fourth-order valence-corrected chi connectivity index (χ4v) is 1.76. The maximum Gasteiger partial charge on any atom is 0.131 e. The number of benzene rings is 1. The topological polar surface area (TPSA) is 34.2 Å². The molecule has 0 unspecified atom stereocenters. The Morgan fingerprint density at radius 2 is 1.84 bits per heavy atom. The minimum atomic E-state index is 0.837. The summed E-state index contributed by atoms with van der Waals surface area (Å²) in [4.78, 5) is 4.57. The third-order valence-electron chi connectivity index (χ3n) is 2.82. The van der Waals surface area contributed by atoms with Crippen LogP contribution in [0.3, 0.4) is 0 Å². The standard InChI is InChI=1S/C16H18N2O/c1-4-5-15-12(2)6-11-16(18-15)17-13-7-9-14(19-3)10-8-13/h4-11H,1-3H3,(H,17,18)/b5-4-. The zero-order valence-electron chi connectivity index (χ0n) is 11.5. The number of ether oxygens (including phenoxy) is 1. The fraction of sp³-hybridized carbons (Fsp3) is 0.188. The van der Waals surface area contributed by atoms with Crippen molar-refractivity contribution < 1.29 is 4.74 Å². The van der Waals surface area contributed by atoms with E-state index < -0.39 is 0 Å². The van der Waals surface area contributed by atoms with E-state index in [0.29, 0.717) is 0 Å². The molecule has 0 aliphatic heterocycles. The largest absolute Gasteiger partial charge is 0.497 e. The van der Waals surface area contributed by atoms with Gasteiger partial charge in [0.25, 0.3) is 0 Å². The van der Waals surface area contributed by atoms with Crippen LogP contribution in [0.2, 0.25) is 0 Å². The van der Waals surface area contributed by atoms with E-state index in [1.165, 1.54) is 5.56 Å². The summed E-state index contributed by atoms with van der Waals surface area (Å²) in [5, 5.41) is 3.28. The first-order chi connectivity index (χ1) is 9.22. The summed E-state index contributed by atoms with van der Waals surface area (Å²) in [6, 6.07) is 11.8. The van der Waals surface area contributed by atoms with Crippen LogP contribution in [-0.2, 0) is 0 Å². The average Bonchev–Trinajstić information content (AvgIpc) is 2.44. The molecular weight excluding hydrogens is 236 g/mol. The minimum absolute atomic E-state index is 0.837. The average molecular weight is 254 g/mol. The van der Waals surface area contributed by atoms with Crippen molar-refractivity contribution in [3.63, 3.8) is 0 Å². The van der Waals surface area contributed by atoms with Crippen LogP contribution in [-0.4, -0.2) is 12.1 Å². The van der Waals surface area contributed by atoms with E-state index >= 15 is 0 Å². The first-order valence-corrected chi connectivity index (χ1v) is 6.24. The van der Waals surface area contributed by atoms with Gasteiger partial charge in [-0.25, -0.2) is 4.98 Å². The van der Waals surface area contributed by atoms with E-state index in [9.17, 15) is 0 Å². The van der Waals surface area contributed by atoms with Gasteiger partial charge < -0.3 is 10.1 Å². The van der Waals surface area contributed by atoms with E-state index in [1.807, 2.05) is 49.4 Å². The second kappa shape index (κ2) is 6.05. The predicted molar refractivity (Wildman–Crippen MR) is 80.0 cm³/mol. The monoisotopic (exact) mass is 254 g/mol. The summed E-state index contributed by atoms with van der Waals surface area (Å²) in [7, 11) is 1.66. The van der Waals surface area contributed by atoms with Crippen LogP contribution in [0, 0.1) is 6.92 Å². The number of pyridine rings is 1. The Morgan fingerprint density at radius 1 is 1.11 bits per heavy atom. The highest BCUT2D eigenvalue weighted by molar-refractivity contribution is 5.60. The van der Waals surface area contributed by atoms with Crippen molar-refractivity contribution in [3.05, 3.63) is 53.7 Å². The van der Waals surface area contributed by atoms with Gasteiger partial charge in [0.2, 0.25) is 0 Å². The normalized spacial score (nSPS) is 10.7. The minimum Gasteiger partial charge on any atom is -0.497 e. The Hall–Kier alpha value is -2.29. The smallest absolute Gasteiger partial charge is 0.131 e. The number of rotatable bonds is 4. The van der Waals surface area contributed by atoms with Crippen LogP contribution in [0.1, 0.15) is 18.2 Å². The van der Waals surface area contributed by atoms with Crippen molar-refractivity contribution in [2.24, 2.45) is 0 Å². The van der Waals surface area contributed by atoms with Crippen molar-refractivity contribution in [2.45, 2.75) is 13.8 Å². The van der Waals surface area contributed by atoms with Gasteiger partial charge in [-0.3, -0.25) is 0 Å². The van der Waals surface area contributed by atoms with Crippen molar-refractivity contribution in [2.75, 3.05) is 12.4 Å². The zero-order chi connectivity index (χ0) is 13.7. The van der Waals surface area contributed by atoms with E-state index in [1.54, 1.807) is 7.11 Å². The van der Waals surface area contributed by atoms with E-state index in [4.69, 9.17) is 4.74 Å². The van der Waals surface area contributed by atoms with Gasteiger partial charge >= 0.3 is 0 Å². The highest BCUT2D eigenvalue weighted by Gasteiger charge is 2.00. The number of hydrogen-bond acceptors (Lipinski definition) is 3. The van der Waals surface area contributed by atoms with Crippen molar-refractivity contribution >= 4 is 17.6 Å².